The number of nitrogens with zero attached hydrogens (tertiary/aromatic N) is 2. The molecular weight excluding hydrogens is 340 g/mol. The van der Waals surface area contributed by atoms with Crippen molar-refractivity contribution in [3.63, 3.8) is 0 Å². The van der Waals surface area contributed by atoms with Gasteiger partial charge in [0.2, 0.25) is 0 Å². The number of halogens is 4. The summed E-state index contributed by atoms with van der Waals surface area (Å²) in [6.45, 7) is 0. The first-order valence-electron chi connectivity index (χ1n) is 8.19. The van der Waals surface area contributed by atoms with E-state index in [2.05, 4.69) is 5.10 Å². The Balaban J connectivity index is 1.96. The number of hydrazone groups is 1. The number of carbonyl (C=O) groups is 1. The molecule has 1 aliphatic carbocycles. The summed E-state index contributed by atoms with van der Waals surface area (Å²) in [5, 5.41) is 14.2. The van der Waals surface area contributed by atoms with E-state index in [0.29, 0.717) is 12.8 Å². The standard InChI is InChI=1S/C17H18F4N2O2/c18-13-8-4-7-12(9-13)15(24)23-16(25,17(19,20)21)10-14(22-23)11-5-2-1-3-6-11/h4,7-9,11,25H,1-3,5-6,10H2/t16-/m1/s1. The van der Waals surface area contributed by atoms with Crippen LogP contribution < -0.4 is 0 Å². The van der Waals surface area contributed by atoms with Crippen molar-refractivity contribution in [2.24, 2.45) is 11.0 Å². The third-order valence-corrected chi connectivity index (χ3v) is 4.80. The minimum atomic E-state index is -5.07. The van der Waals surface area contributed by atoms with E-state index < -0.39 is 30.0 Å². The zero-order valence-electron chi connectivity index (χ0n) is 13.4. The molecule has 1 aromatic rings. The van der Waals surface area contributed by atoms with Crippen molar-refractivity contribution in [1.29, 1.82) is 0 Å². The lowest BCUT2D eigenvalue weighted by atomic mass is 9.83. The van der Waals surface area contributed by atoms with Gasteiger partial charge in [0.25, 0.3) is 11.6 Å². The SMILES string of the molecule is O=C(c1cccc(F)c1)N1N=C(C2CCCCC2)C[C@@]1(O)C(F)(F)F. The maximum absolute atomic E-state index is 13.5. The summed E-state index contributed by atoms with van der Waals surface area (Å²) >= 11 is 0. The molecule has 1 heterocycles. The van der Waals surface area contributed by atoms with Gasteiger partial charge in [-0.1, -0.05) is 25.3 Å². The highest BCUT2D eigenvalue weighted by Crippen LogP contribution is 2.43. The molecule has 136 valence electrons. The van der Waals surface area contributed by atoms with Gasteiger partial charge in [-0.25, -0.2) is 4.39 Å². The average molecular weight is 358 g/mol. The average Bonchev–Trinajstić information content (AvgIpc) is 2.94. The number of hydrogen-bond acceptors (Lipinski definition) is 3. The van der Waals surface area contributed by atoms with Gasteiger partial charge in [0.05, 0.1) is 0 Å². The number of aliphatic hydroxyl groups is 1. The molecule has 1 saturated carbocycles. The van der Waals surface area contributed by atoms with Crippen molar-refractivity contribution in [1.82, 2.24) is 5.01 Å². The van der Waals surface area contributed by atoms with Crippen LogP contribution in [0.25, 0.3) is 0 Å². The van der Waals surface area contributed by atoms with Gasteiger partial charge >= 0.3 is 6.18 Å². The summed E-state index contributed by atoms with van der Waals surface area (Å²) in [6.07, 6.45) is -1.68. The normalized spacial score (nSPS) is 25.2. The van der Waals surface area contributed by atoms with Gasteiger partial charge in [0.15, 0.2) is 0 Å². The molecule has 25 heavy (non-hydrogen) atoms. The highest BCUT2D eigenvalue weighted by Gasteiger charge is 2.63. The first kappa shape index (κ1) is 17.8. The Morgan fingerprint density at radius 2 is 1.92 bits per heavy atom. The molecule has 1 amide bonds. The lowest BCUT2D eigenvalue weighted by Crippen LogP contribution is -2.56. The molecule has 1 N–H and O–H groups in total. The molecule has 8 heteroatoms. The fourth-order valence-corrected chi connectivity index (χ4v) is 3.41. The van der Waals surface area contributed by atoms with Gasteiger partial charge in [-0.05, 0) is 37.0 Å². The van der Waals surface area contributed by atoms with Gasteiger partial charge in [-0.3, -0.25) is 4.79 Å². The van der Waals surface area contributed by atoms with Crippen LogP contribution in [0.5, 0.6) is 0 Å². The predicted octanol–water partition coefficient (Wildman–Crippen LogP) is 3.86. The molecule has 0 saturated heterocycles. The molecule has 0 aromatic heterocycles. The Bertz CT molecular complexity index is 698. The molecule has 2 aliphatic rings. The maximum atomic E-state index is 13.5. The van der Waals surface area contributed by atoms with Crippen molar-refractivity contribution >= 4 is 11.6 Å². The quantitative estimate of drug-likeness (QED) is 0.817. The van der Waals surface area contributed by atoms with E-state index in [9.17, 15) is 27.5 Å². The van der Waals surface area contributed by atoms with Crippen molar-refractivity contribution in [2.45, 2.75) is 50.4 Å². The van der Waals surface area contributed by atoms with Crippen LogP contribution in [0.3, 0.4) is 0 Å². The number of benzene rings is 1. The summed E-state index contributed by atoms with van der Waals surface area (Å²) in [6, 6.07) is 4.31. The molecule has 1 fully saturated rings. The van der Waals surface area contributed by atoms with E-state index >= 15 is 0 Å². The van der Waals surface area contributed by atoms with Gasteiger partial charge in [-0.2, -0.15) is 23.3 Å². The van der Waals surface area contributed by atoms with Gasteiger partial charge in [0, 0.05) is 17.7 Å². The topological polar surface area (TPSA) is 52.9 Å². The van der Waals surface area contributed by atoms with Crippen molar-refractivity contribution in [3.05, 3.63) is 35.6 Å². The summed E-state index contributed by atoms with van der Waals surface area (Å²) in [7, 11) is 0. The second-order valence-corrected chi connectivity index (χ2v) is 6.54. The first-order valence-corrected chi connectivity index (χ1v) is 8.19. The van der Waals surface area contributed by atoms with E-state index in [1.165, 1.54) is 12.1 Å². The number of rotatable bonds is 2. The molecule has 0 spiro atoms. The molecule has 4 nitrogen and oxygen atoms in total. The Hall–Kier alpha value is -1.96. The second kappa shape index (κ2) is 6.40. The van der Waals surface area contributed by atoms with Crippen molar-refractivity contribution < 1.29 is 27.5 Å². The summed E-state index contributed by atoms with van der Waals surface area (Å²) in [5.74, 6) is -2.10. The number of amides is 1. The highest BCUT2D eigenvalue weighted by molar-refractivity contribution is 5.99. The number of carbonyl (C=O) groups excluding carboxylic acids is 1. The Labute approximate surface area is 142 Å². The van der Waals surface area contributed by atoms with Crippen LogP contribution in [0.4, 0.5) is 17.6 Å². The van der Waals surface area contributed by atoms with Gasteiger partial charge in [-0.15, -0.1) is 0 Å². The molecule has 1 aliphatic heterocycles. The maximum Gasteiger partial charge on any atom is 0.438 e. The predicted molar refractivity (Wildman–Crippen MR) is 82.2 cm³/mol. The van der Waals surface area contributed by atoms with E-state index in [0.717, 1.165) is 31.4 Å². The van der Waals surface area contributed by atoms with E-state index in [1.54, 1.807) is 0 Å². The fraction of sp³-hybridized carbons (Fsp3) is 0.529. The summed E-state index contributed by atoms with van der Waals surface area (Å²) in [5.41, 5.74) is -3.51. The molecule has 0 unspecified atom stereocenters. The molecule has 0 radical (unpaired) electrons. The number of hydrogen-bond donors (Lipinski definition) is 1. The lowest BCUT2D eigenvalue weighted by Gasteiger charge is -2.32. The van der Waals surface area contributed by atoms with Crippen LogP contribution in [0.2, 0.25) is 0 Å². The minimum absolute atomic E-state index is 0.0751. The van der Waals surface area contributed by atoms with E-state index in [4.69, 9.17) is 0 Å². The second-order valence-electron chi connectivity index (χ2n) is 6.54. The lowest BCUT2D eigenvalue weighted by molar-refractivity contribution is -0.297. The zero-order valence-corrected chi connectivity index (χ0v) is 13.4. The molecule has 1 aromatic carbocycles. The van der Waals surface area contributed by atoms with E-state index in [1.807, 2.05) is 0 Å². The monoisotopic (exact) mass is 358 g/mol. The molecule has 0 bridgehead atoms. The zero-order chi connectivity index (χ0) is 18.2. The summed E-state index contributed by atoms with van der Waals surface area (Å²) in [4.78, 5) is 12.5. The smallest absolute Gasteiger partial charge is 0.362 e. The van der Waals surface area contributed by atoms with E-state index in [-0.39, 0.29) is 22.2 Å². The van der Waals surface area contributed by atoms with Crippen LogP contribution in [-0.4, -0.2) is 33.6 Å². The van der Waals surface area contributed by atoms with Crippen LogP contribution in [0, 0.1) is 11.7 Å². The number of alkyl halides is 3. The third kappa shape index (κ3) is 3.27. The van der Waals surface area contributed by atoms with Crippen LogP contribution in [0.1, 0.15) is 48.9 Å². The Morgan fingerprint density at radius 1 is 1.24 bits per heavy atom. The summed E-state index contributed by atoms with van der Waals surface area (Å²) < 4.78 is 53.8. The van der Waals surface area contributed by atoms with Crippen molar-refractivity contribution in [2.75, 3.05) is 0 Å². The third-order valence-electron chi connectivity index (χ3n) is 4.80. The highest BCUT2D eigenvalue weighted by atomic mass is 19.4. The van der Waals surface area contributed by atoms with Gasteiger partial charge < -0.3 is 5.11 Å². The van der Waals surface area contributed by atoms with Crippen LogP contribution in [-0.2, 0) is 0 Å². The largest absolute Gasteiger partial charge is 0.438 e. The molecular formula is C17H18F4N2O2. The van der Waals surface area contributed by atoms with Gasteiger partial charge in [0.1, 0.15) is 5.82 Å². The van der Waals surface area contributed by atoms with Crippen molar-refractivity contribution in [3.8, 4) is 0 Å². The molecule has 3 rings (SSSR count). The minimum Gasteiger partial charge on any atom is -0.362 e. The Morgan fingerprint density at radius 3 is 2.52 bits per heavy atom. The Kier molecular flexibility index (Phi) is 4.57. The van der Waals surface area contributed by atoms with Crippen LogP contribution in [0.15, 0.2) is 29.4 Å². The first-order chi connectivity index (χ1) is 11.7. The fourth-order valence-electron chi connectivity index (χ4n) is 3.41. The molecule has 1 atom stereocenters. The van der Waals surface area contributed by atoms with Crippen LogP contribution >= 0.6 is 0 Å².